The van der Waals surface area contributed by atoms with Gasteiger partial charge in [-0.25, -0.2) is 24.5 Å². The van der Waals surface area contributed by atoms with Crippen LogP contribution in [0.5, 0.6) is 0 Å². The Bertz CT molecular complexity index is 1240. The zero-order chi connectivity index (χ0) is 20.8. The highest BCUT2D eigenvalue weighted by Crippen LogP contribution is 2.25. The summed E-state index contributed by atoms with van der Waals surface area (Å²) in [6.45, 7) is 3.20. The van der Waals surface area contributed by atoms with Crippen LogP contribution in [-0.2, 0) is 0 Å². The fourth-order valence-corrected chi connectivity index (χ4v) is 4.14. The van der Waals surface area contributed by atoms with E-state index in [4.69, 9.17) is 10.1 Å². The molecule has 2 saturated heterocycles. The number of aromatic nitrogens is 6. The lowest BCUT2D eigenvalue weighted by atomic mass is 10.2. The van der Waals surface area contributed by atoms with E-state index in [1.165, 1.54) is 12.8 Å². The van der Waals surface area contributed by atoms with Crippen LogP contribution in [0.4, 0.5) is 11.8 Å². The molecule has 6 rings (SSSR count). The Labute approximate surface area is 179 Å². The van der Waals surface area contributed by atoms with Crippen LogP contribution in [0, 0.1) is 0 Å². The van der Waals surface area contributed by atoms with Crippen molar-refractivity contribution in [2.45, 2.75) is 18.9 Å². The summed E-state index contributed by atoms with van der Waals surface area (Å²) in [5.74, 6) is 1.58. The van der Waals surface area contributed by atoms with E-state index in [1.54, 1.807) is 6.20 Å². The average Bonchev–Trinajstić information content (AvgIpc) is 3.47. The Morgan fingerprint density at radius 3 is 2.48 bits per heavy atom. The molecule has 0 radical (unpaired) electrons. The average molecular weight is 414 g/mol. The topological polar surface area (TPSA) is 95.6 Å². The summed E-state index contributed by atoms with van der Waals surface area (Å²) in [5, 5.41) is 14.4. The molecule has 1 N–H and O–H groups in total. The number of aliphatic hydroxyl groups is 1. The number of aliphatic hydroxyl groups excluding tert-OH is 1. The normalized spacial score (nSPS) is 16.8. The molecule has 4 aromatic rings. The Balaban J connectivity index is 1.36. The molecule has 0 atom stereocenters. The fraction of sp³-hybridized carbons (Fsp3) is 0.318. The molecule has 4 aromatic heterocycles. The molecule has 2 aliphatic heterocycles. The van der Waals surface area contributed by atoms with E-state index < -0.39 is 0 Å². The van der Waals surface area contributed by atoms with Crippen molar-refractivity contribution in [3.63, 3.8) is 0 Å². The molecule has 2 fully saturated rings. The zero-order valence-corrected chi connectivity index (χ0v) is 17.0. The van der Waals surface area contributed by atoms with Gasteiger partial charge in [0.1, 0.15) is 11.5 Å². The highest BCUT2D eigenvalue weighted by molar-refractivity contribution is 5.65. The Kier molecular flexibility index (Phi) is 4.27. The van der Waals surface area contributed by atoms with Crippen molar-refractivity contribution in [2.75, 3.05) is 36.0 Å². The molecular weight excluding hydrogens is 392 g/mol. The smallest absolute Gasteiger partial charge is 0.226 e. The number of fused-ring (bicyclic) bond motifs is 1. The number of anilines is 2. The van der Waals surface area contributed by atoms with Crippen LogP contribution in [0.15, 0.2) is 48.8 Å². The van der Waals surface area contributed by atoms with Gasteiger partial charge in [-0.1, -0.05) is 6.07 Å². The molecule has 9 heteroatoms. The second-order valence-corrected chi connectivity index (χ2v) is 8.01. The molecule has 9 nitrogen and oxygen atoms in total. The summed E-state index contributed by atoms with van der Waals surface area (Å²) in [5.41, 5.74) is 3.93. The van der Waals surface area contributed by atoms with Gasteiger partial charge < -0.3 is 14.9 Å². The van der Waals surface area contributed by atoms with Gasteiger partial charge in [0.2, 0.25) is 5.95 Å². The monoisotopic (exact) mass is 414 g/mol. The summed E-state index contributed by atoms with van der Waals surface area (Å²) in [7, 11) is 0. The maximum Gasteiger partial charge on any atom is 0.226 e. The lowest BCUT2D eigenvalue weighted by Crippen LogP contribution is -2.51. The first-order valence-corrected chi connectivity index (χ1v) is 10.6. The Hall–Kier alpha value is -3.59. The maximum absolute atomic E-state index is 9.56. The van der Waals surface area contributed by atoms with Crippen LogP contribution < -0.4 is 9.80 Å². The zero-order valence-electron chi connectivity index (χ0n) is 17.0. The first-order chi connectivity index (χ1) is 15.2. The number of rotatable bonds is 4. The largest absolute Gasteiger partial charge is 0.389 e. The van der Waals surface area contributed by atoms with E-state index in [9.17, 15) is 5.11 Å². The minimum atomic E-state index is -0.304. The molecule has 0 amide bonds. The summed E-state index contributed by atoms with van der Waals surface area (Å²) in [4.78, 5) is 22.6. The van der Waals surface area contributed by atoms with Crippen molar-refractivity contribution in [3.8, 4) is 22.8 Å². The predicted octanol–water partition coefficient (Wildman–Crippen LogP) is 2.03. The molecule has 0 aliphatic carbocycles. The van der Waals surface area contributed by atoms with Crippen LogP contribution in [0.1, 0.15) is 12.8 Å². The van der Waals surface area contributed by atoms with E-state index in [2.05, 4.69) is 19.9 Å². The number of pyridine rings is 1. The number of hydrogen-bond acceptors (Lipinski definition) is 8. The van der Waals surface area contributed by atoms with Crippen molar-refractivity contribution >= 4 is 17.4 Å². The predicted molar refractivity (Wildman–Crippen MR) is 117 cm³/mol. The van der Waals surface area contributed by atoms with Crippen molar-refractivity contribution in [3.05, 3.63) is 48.8 Å². The molecule has 6 heterocycles. The van der Waals surface area contributed by atoms with E-state index in [1.807, 2.05) is 52.0 Å². The number of imidazole rings is 1. The van der Waals surface area contributed by atoms with Gasteiger partial charge in [-0.05, 0) is 43.2 Å². The van der Waals surface area contributed by atoms with Gasteiger partial charge in [-0.2, -0.15) is 0 Å². The number of hydrogen-bond donors (Lipinski definition) is 1. The fourth-order valence-electron chi connectivity index (χ4n) is 4.14. The first-order valence-electron chi connectivity index (χ1n) is 10.6. The minimum Gasteiger partial charge on any atom is -0.389 e. The highest BCUT2D eigenvalue weighted by atomic mass is 16.3. The van der Waals surface area contributed by atoms with Crippen molar-refractivity contribution < 1.29 is 5.11 Å². The van der Waals surface area contributed by atoms with E-state index in [-0.39, 0.29) is 6.10 Å². The second-order valence-electron chi connectivity index (χ2n) is 8.01. The molecule has 0 aromatic carbocycles. The van der Waals surface area contributed by atoms with Crippen LogP contribution in [0.2, 0.25) is 0 Å². The van der Waals surface area contributed by atoms with Crippen LogP contribution in [0.3, 0.4) is 0 Å². The van der Waals surface area contributed by atoms with Gasteiger partial charge >= 0.3 is 0 Å². The van der Waals surface area contributed by atoms with E-state index in [0.29, 0.717) is 19.0 Å². The number of nitrogens with zero attached hydrogens (tertiary/aromatic N) is 8. The third kappa shape index (κ3) is 3.27. The van der Waals surface area contributed by atoms with Gasteiger partial charge in [0.15, 0.2) is 5.65 Å². The molecule has 31 heavy (non-hydrogen) atoms. The lowest BCUT2D eigenvalue weighted by Gasteiger charge is -2.35. The summed E-state index contributed by atoms with van der Waals surface area (Å²) >= 11 is 0. The standard InChI is InChI=1S/C22H22N8O/c31-15-13-29(14-15)22-23-9-8-17(26-22)16-4-3-5-18(25-16)19-12-24-20-6-7-21(27-30(19)20)28-10-1-2-11-28/h3-9,12,15,31H,1-2,10-11,13-14H2. The molecule has 2 aliphatic rings. The van der Waals surface area contributed by atoms with Gasteiger partial charge in [0, 0.05) is 32.4 Å². The summed E-state index contributed by atoms with van der Waals surface area (Å²) in [6.07, 6.45) is 5.65. The minimum absolute atomic E-state index is 0.304. The van der Waals surface area contributed by atoms with Gasteiger partial charge in [-0.3, -0.25) is 0 Å². The SMILES string of the molecule is OC1CN(c2nccc(-c3cccc(-c4cnc5ccc(N6CCCC6)nn45)n3)n2)C1. The van der Waals surface area contributed by atoms with Gasteiger partial charge in [0.25, 0.3) is 0 Å². The quantitative estimate of drug-likeness (QED) is 0.542. The van der Waals surface area contributed by atoms with Crippen molar-refractivity contribution in [2.24, 2.45) is 0 Å². The highest BCUT2D eigenvalue weighted by Gasteiger charge is 2.26. The first kappa shape index (κ1) is 18.2. The summed E-state index contributed by atoms with van der Waals surface area (Å²) < 4.78 is 1.87. The maximum atomic E-state index is 9.56. The van der Waals surface area contributed by atoms with Gasteiger partial charge in [0.05, 0.1) is 29.4 Å². The third-order valence-corrected chi connectivity index (χ3v) is 5.84. The Morgan fingerprint density at radius 2 is 1.65 bits per heavy atom. The summed E-state index contributed by atoms with van der Waals surface area (Å²) in [6, 6.07) is 11.8. The third-order valence-electron chi connectivity index (χ3n) is 5.84. The molecule has 156 valence electrons. The number of β-amino-alcohol motifs (C(OH)–C–C–N with tert-alkyl or cyclic N) is 1. The van der Waals surface area contributed by atoms with Crippen LogP contribution in [0.25, 0.3) is 28.4 Å². The van der Waals surface area contributed by atoms with Crippen LogP contribution >= 0.6 is 0 Å². The lowest BCUT2D eigenvalue weighted by molar-refractivity contribution is 0.140. The molecule has 0 bridgehead atoms. The van der Waals surface area contributed by atoms with Crippen LogP contribution in [-0.4, -0.2) is 66.9 Å². The van der Waals surface area contributed by atoms with Crippen molar-refractivity contribution in [1.29, 1.82) is 0 Å². The molecule has 0 saturated carbocycles. The second kappa shape index (κ2) is 7.28. The van der Waals surface area contributed by atoms with E-state index >= 15 is 0 Å². The van der Waals surface area contributed by atoms with Gasteiger partial charge in [-0.15, -0.1) is 5.10 Å². The Morgan fingerprint density at radius 1 is 0.839 bits per heavy atom. The molecular formula is C22H22N8O. The van der Waals surface area contributed by atoms with Crippen molar-refractivity contribution in [1.82, 2.24) is 29.5 Å². The van der Waals surface area contributed by atoms with E-state index in [0.717, 1.165) is 47.3 Å². The molecule has 0 unspecified atom stereocenters. The molecule has 0 spiro atoms.